The Bertz CT molecular complexity index is 960. The minimum atomic E-state index is -0.638. The first-order chi connectivity index (χ1) is 15.1. The number of methoxy groups -OCH3 is 1. The molecule has 2 aromatic carbocycles. The number of ether oxygens (including phenoxy) is 1. The highest BCUT2D eigenvalue weighted by molar-refractivity contribution is 5.94. The standard InChI is InChI=1S/C24H27N3O4/c1-30-21-9-5-8-18(13-21)12-20-14-22(31-26-20)24(29)27(15-17-6-3-2-4-7-17)16-19-10-11-23(28)25-19/h2-9,13,19,22H,10-12,14-16H2,1H3,(H,25,28)/t19-,22-/m0/s1. The summed E-state index contributed by atoms with van der Waals surface area (Å²) in [5.41, 5.74) is 2.93. The highest BCUT2D eigenvalue weighted by Gasteiger charge is 2.34. The maximum Gasteiger partial charge on any atom is 0.267 e. The second kappa shape index (κ2) is 9.64. The topological polar surface area (TPSA) is 80.2 Å². The van der Waals surface area contributed by atoms with E-state index in [1.807, 2.05) is 54.6 Å². The first-order valence-corrected chi connectivity index (χ1v) is 10.6. The van der Waals surface area contributed by atoms with Crippen molar-refractivity contribution in [1.82, 2.24) is 10.2 Å². The van der Waals surface area contributed by atoms with E-state index in [1.54, 1.807) is 12.0 Å². The summed E-state index contributed by atoms with van der Waals surface area (Å²) in [6, 6.07) is 17.6. The van der Waals surface area contributed by atoms with Crippen LogP contribution in [0.15, 0.2) is 59.8 Å². The Balaban J connectivity index is 1.41. The van der Waals surface area contributed by atoms with Crippen molar-refractivity contribution in [2.45, 2.75) is 44.4 Å². The lowest BCUT2D eigenvalue weighted by Gasteiger charge is -2.27. The molecule has 0 bridgehead atoms. The molecule has 31 heavy (non-hydrogen) atoms. The summed E-state index contributed by atoms with van der Waals surface area (Å²) in [5.74, 6) is 0.727. The van der Waals surface area contributed by atoms with E-state index in [-0.39, 0.29) is 17.9 Å². The molecule has 4 rings (SSSR count). The predicted octanol–water partition coefficient (Wildman–Crippen LogP) is 2.69. The van der Waals surface area contributed by atoms with Crippen molar-refractivity contribution in [3.8, 4) is 5.75 Å². The molecule has 162 valence electrons. The molecule has 2 aliphatic rings. The SMILES string of the molecule is COc1cccc(CC2=NO[C@H](C(=O)N(Cc3ccccc3)C[C@@H]3CCC(=O)N3)C2)c1. The number of oxime groups is 1. The van der Waals surface area contributed by atoms with Crippen molar-refractivity contribution < 1.29 is 19.2 Å². The minimum absolute atomic E-state index is 0.0289. The first kappa shape index (κ1) is 20.9. The Hall–Kier alpha value is -3.35. The molecule has 0 unspecified atom stereocenters. The lowest BCUT2D eigenvalue weighted by atomic mass is 10.0. The van der Waals surface area contributed by atoms with Crippen LogP contribution in [-0.2, 0) is 27.4 Å². The quantitative estimate of drug-likeness (QED) is 0.711. The molecule has 1 N–H and O–H groups in total. The predicted molar refractivity (Wildman–Crippen MR) is 117 cm³/mol. The maximum atomic E-state index is 13.3. The molecule has 0 aromatic heterocycles. The molecule has 7 heteroatoms. The smallest absolute Gasteiger partial charge is 0.267 e. The Morgan fingerprint density at radius 3 is 2.74 bits per heavy atom. The van der Waals surface area contributed by atoms with Crippen molar-refractivity contribution in [2.75, 3.05) is 13.7 Å². The van der Waals surface area contributed by atoms with Gasteiger partial charge in [0.15, 0.2) is 0 Å². The van der Waals surface area contributed by atoms with Crippen LogP contribution in [0.3, 0.4) is 0 Å². The van der Waals surface area contributed by atoms with E-state index in [0.29, 0.717) is 32.4 Å². The summed E-state index contributed by atoms with van der Waals surface area (Å²) in [6.07, 6.45) is 1.67. The molecule has 2 aliphatic heterocycles. The molecule has 2 heterocycles. The van der Waals surface area contributed by atoms with E-state index in [1.165, 1.54) is 0 Å². The van der Waals surface area contributed by atoms with Gasteiger partial charge in [-0.05, 0) is 29.7 Å². The van der Waals surface area contributed by atoms with E-state index in [0.717, 1.165) is 29.0 Å². The highest BCUT2D eigenvalue weighted by Crippen LogP contribution is 2.21. The normalized spacial score (nSPS) is 20.0. The summed E-state index contributed by atoms with van der Waals surface area (Å²) in [5, 5.41) is 7.13. The van der Waals surface area contributed by atoms with Crippen LogP contribution in [0.1, 0.15) is 30.4 Å². The number of carbonyl (C=O) groups excluding carboxylic acids is 2. The highest BCUT2D eigenvalue weighted by atomic mass is 16.6. The first-order valence-electron chi connectivity index (χ1n) is 10.6. The zero-order chi connectivity index (χ0) is 21.6. The zero-order valence-electron chi connectivity index (χ0n) is 17.6. The number of nitrogens with zero attached hydrogens (tertiary/aromatic N) is 2. The van der Waals surface area contributed by atoms with Gasteiger partial charge in [-0.15, -0.1) is 0 Å². The van der Waals surface area contributed by atoms with Crippen LogP contribution >= 0.6 is 0 Å². The lowest BCUT2D eigenvalue weighted by molar-refractivity contribution is -0.143. The molecular formula is C24H27N3O4. The van der Waals surface area contributed by atoms with Gasteiger partial charge in [0.2, 0.25) is 12.0 Å². The third-order valence-corrected chi connectivity index (χ3v) is 5.60. The fraction of sp³-hybridized carbons (Fsp3) is 0.375. The molecule has 2 aromatic rings. The number of hydrogen-bond acceptors (Lipinski definition) is 5. The summed E-state index contributed by atoms with van der Waals surface area (Å²) < 4.78 is 5.28. The molecule has 1 saturated heterocycles. The van der Waals surface area contributed by atoms with Gasteiger partial charge in [0.05, 0.1) is 12.8 Å². The molecule has 0 spiro atoms. The summed E-state index contributed by atoms with van der Waals surface area (Å²) in [6.45, 7) is 0.932. The third-order valence-electron chi connectivity index (χ3n) is 5.60. The van der Waals surface area contributed by atoms with Gasteiger partial charge < -0.3 is 19.8 Å². The van der Waals surface area contributed by atoms with Gasteiger partial charge in [-0.1, -0.05) is 47.6 Å². The summed E-state index contributed by atoms with van der Waals surface area (Å²) in [4.78, 5) is 32.2. The molecule has 2 atom stereocenters. The fourth-order valence-electron chi connectivity index (χ4n) is 4.00. The van der Waals surface area contributed by atoms with E-state index >= 15 is 0 Å². The lowest BCUT2D eigenvalue weighted by Crippen LogP contribution is -2.45. The number of benzene rings is 2. The van der Waals surface area contributed by atoms with E-state index in [4.69, 9.17) is 9.57 Å². The molecule has 1 fully saturated rings. The minimum Gasteiger partial charge on any atom is -0.497 e. The Morgan fingerprint density at radius 2 is 2.00 bits per heavy atom. The average Bonchev–Trinajstić information content (AvgIpc) is 3.42. The van der Waals surface area contributed by atoms with Gasteiger partial charge in [0.1, 0.15) is 5.75 Å². The molecule has 7 nitrogen and oxygen atoms in total. The molecule has 0 radical (unpaired) electrons. The van der Waals surface area contributed by atoms with E-state index in [2.05, 4.69) is 10.5 Å². The van der Waals surface area contributed by atoms with Crippen LogP contribution in [0.2, 0.25) is 0 Å². The number of hydrogen-bond donors (Lipinski definition) is 1. The third kappa shape index (κ3) is 5.42. The maximum absolute atomic E-state index is 13.3. The van der Waals surface area contributed by atoms with Crippen LogP contribution in [-0.4, -0.2) is 48.2 Å². The number of amides is 2. The van der Waals surface area contributed by atoms with E-state index < -0.39 is 6.10 Å². The monoisotopic (exact) mass is 421 g/mol. The number of nitrogens with one attached hydrogen (secondary N) is 1. The Kier molecular flexibility index (Phi) is 6.50. The fourth-order valence-corrected chi connectivity index (χ4v) is 4.00. The second-order valence-electron chi connectivity index (χ2n) is 7.99. The summed E-state index contributed by atoms with van der Waals surface area (Å²) in [7, 11) is 1.64. The van der Waals surface area contributed by atoms with Gasteiger partial charge in [-0.2, -0.15) is 0 Å². The largest absolute Gasteiger partial charge is 0.497 e. The van der Waals surface area contributed by atoms with Crippen LogP contribution in [0, 0.1) is 0 Å². The molecule has 0 saturated carbocycles. The molecule has 0 aliphatic carbocycles. The van der Waals surface area contributed by atoms with Crippen LogP contribution in [0.4, 0.5) is 0 Å². The van der Waals surface area contributed by atoms with Crippen LogP contribution in [0.5, 0.6) is 5.75 Å². The van der Waals surface area contributed by atoms with Gasteiger partial charge in [-0.25, -0.2) is 0 Å². The average molecular weight is 421 g/mol. The second-order valence-corrected chi connectivity index (χ2v) is 7.99. The Morgan fingerprint density at radius 1 is 1.19 bits per heavy atom. The van der Waals surface area contributed by atoms with Gasteiger partial charge in [-0.3, -0.25) is 9.59 Å². The van der Waals surface area contributed by atoms with Gasteiger partial charge >= 0.3 is 0 Å². The van der Waals surface area contributed by atoms with Crippen molar-refractivity contribution in [1.29, 1.82) is 0 Å². The van der Waals surface area contributed by atoms with Crippen molar-refractivity contribution in [3.05, 3.63) is 65.7 Å². The number of carbonyl (C=O) groups is 2. The van der Waals surface area contributed by atoms with Crippen molar-refractivity contribution in [3.63, 3.8) is 0 Å². The van der Waals surface area contributed by atoms with E-state index in [9.17, 15) is 9.59 Å². The van der Waals surface area contributed by atoms with Gasteiger partial charge in [0, 0.05) is 38.4 Å². The van der Waals surface area contributed by atoms with Crippen LogP contribution in [0.25, 0.3) is 0 Å². The van der Waals surface area contributed by atoms with Crippen molar-refractivity contribution in [2.24, 2.45) is 5.16 Å². The van der Waals surface area contributed by atoms with Crippen molar-refractivity contribution >= 4 is 17.5 Å². The summed E-state index contributed by atoms with van der Waals surface area (Å²) >= 11 is 0. The van der Waals surface area contributed by atoms with Crippen LogP contribution < -0.4 is 10.1 Å². The molecular weight excluding hydrogens is 394 g/mol. The van der Waals surface area contributed by atoms with Gasteiger partial charge in [0.25, 0.3) is 5.91 Å². The number of rotatable bonds is 8. The zero-order valence-corrected chi connectivity index (χ0v) is 17.6. The molecule has 2 amide bonds. The Labute approximate surface area is 182 Å².